The number of fused-ring (bicyclic) bond motifs is 2. The molecule has 8 nitrogen and oxygen atoms in total. The molecule has 0 bridgehead atoms. The number of aryl methyl sites for hydroxylation is 1. The second-order valence-corrected chi connectivity index (χ2v) is 9.46. The summed E-state index contributed by atoms with van der Waals surface area (Å²) in [7, 11) is 0. The predicted octanol–water partition coefficient (Wildman–Crippen LogP) is 5.16. The Labute approximate surface area is 212 Å². The van der Waals surface area contributed by atoms with E-state index >= 15 is 0 Å². The summed E-state index contributed by atoms with van der Waals surface area (Å²) in [6, 6.07) is 11.8. The predicted molar refractivity (Wildman–Crippen MR) is 145 cm³/mol. The summed E-state index contributed by atoms with van der Waals surface area (Å²) < 4.78 is 0. The first kappa shape index (κ1) is 23.8. The van der Waals surface area contributed by atoms with E-state index in [1.807, 2.05) is 13.0 Å². The Morgan fingerprint density at radius 3 is 2.75 bits per heavy atom. The van der Waals surface area contributed by atoms with Crippen LogP contribution in [-0.4, -0.2) is 45.4 Å². The lowest BCUT2D eigenvalue weighted by atomic mass is 10.0. The van der Waals surface area contributed by atoms with Crippen molar-refractivity contribution >= 4 is 29.0 Å². The van der Waals surface area contributed by atoms with Gasteiger partial charge in [-0.1, -0.05) is 38.1 Å². The molecule has 3 heterocycles. The number of aromatic hydroxyl groups is 1. The van der Waals surface area contributed by atoms with Crippen molar-refractivity contribution in [1.82, 2.24) is 14.9 Å². The maximum Gasteiger partial charge on any atom is 0.229 e. The van der Waals surface area contributed by atoms with Crippen molar-refractivity contribution in [2.24, 2.45) is 0 Å². The van der Waals surface area contributed by atoms with Crippen molar-refractivity contribution in [3.63, 3.8) is 0 Å². The van der Waals surface area contributed by atoms with Gasteiger partial charge in [0, 0.05) is 25.0 Å². The van der Waals surface area contributed by atoms with E-state index in [1.54, 1.807) is 23.2 Å². The minimum atomic E-state index is 0.0852. The van der Waals surface area contributed by atoms with Crippen molar-refractivity contribution < 1.29 is 5.11 Å². The number of anilines is 4. The van der Waals surface area contributed by atoms with Crippen LogP contribution in [0.1, 0.15) is 42.0 Å². The van der Waals surface area contributed by atoms with Crippen LogP contribution in [0.2, 0.25) is 0 Å². The Hall–Kier alpha value is -3.91. The first-order chi connectivity index (χ1) is 17.4. The number of aromatic nitrogens is 2. The number of nitrogens with one attached hydrogen (secondary N) is 3. The van der Waals surface area contributed by atoms with Crippen molar-refractivity contribution in [1.29, 1.82) is 5.41 Å². The van der Waals surface area contributed by atoms with Gasteiger partial charge in [-0.25, -0.2) is 4.98 Å². The van der Waals surface area contributed by atoms with Crippen LogP contribution < -0.4 is 15.5 Å². The zero-order valence-corrected chi connectivity index (χ0v) is 20.9. The van der Waals surface area contributed by atoms with Crippen molar-refractivity contribution in [2.75, 3.05) is 35.2 Å². The summed E-state index contributed by atoms with van der Waals surface area (Å²) in [5.41, 5.74) is 5.63. The monoisotopic (exact) mass is 483 g/mol. The van der Waals surface area contributed by atoms with Crippen molar-refractivity contribution in [3.05, 3.63) is 77.2 Å². The number of hydrogen-bond donors (Lipinski definition) is 4. The van der Waals surface area contributed by atoms with Crippen LogP contribution in [0.25, 0.3) is 0 Å². The number of phenols is 1. The third-order valence-corrected chi connectivity index (χ3v) is 6.93. The highest BCUT2D eigenvalue weighted by Gasteiger charge is 2.30. The summed E-state index contributed by atoms with van der Waals surface area (Å²) >= 11 is 0. The van der Waals surface area contributed by atoms with Gasteiger partial charge in [0.1, 0.15) is 23.2 Å². The fourth-order valence-corrected chi connectivity index (χ4v) is 4.92. The molecule has 3 aromatic rings. The standard InChI is InChI=1S/C28H33N7O/c1-4-5-13-34-14-11-20-9-10-22(16-21(20)12-15-34)32-28-30-17-23-26(29)35(19(3)31-27(23)33-28)25-18(2)7-6-8-24(25)36/h6-10,16-17,29,36H,3-5,11-15H2,1-2H3,(H2,30,31,32,33). The fourth-order valence-electron chi connectivity index (χ4n) is 4.92. The van der Waals surface area contributed by atoms with Crippen LogP contribution in [0, 0.1) is 12.3 Å². The molecule has 0 radical (unpaired) electrons. The zero-order chi connectivity index (χ0) is 25.2. The Balaban J connectivity index is 1.34. The molecule has 8 heteroatoms. The average molecular weight is 484 g/mol. The zero-order valence-electron chi connectivity index (χ0n) is 20.9. The number of amidine groups is 1. The lowest BCUT2D eigenvalue weighted by Crippen LogP contribution is -2.38. The lowest BCUT2D eigenvalue weighted by molar-refractivity contribution is 0.283. The molecule has 0 atom stereocenters. The molecule has 0 fully saturated rings. The Bertz CT molecular complexity index is 1300. The molecular weight excluding hydrogens is 450 g/mol. The van der Waals surface area contributed by atoms with Crippen molar-refractivity contribution in [3.8, 4) is 5.75 Å². The van der Waals surface area contributed by atoms with Gasteiger partial charge in [0.2, 0.25) is 5.95 Å². The highest BCUT2D eigenvalue weighted by molar-refractivity contribution is 6.15. The van der Waals surface area contributed by atoms with Crippen LogP contribution in [0.15, 0.2) is 55.0 Å². The van der Waals surface area contributed by atoms with Crippen molar-refractivity contribution in [2.45, 2.75) is 39.5 Å². The molecule has 0 saturated carbocycles. The normalized spacial score (nSPS) is 15.7. The van der Waals surface area contributed by atoms with Gasteiger partial charge < -0.3 is 20.6 Å². The first-order valence-electron chi connectivity index (χ1n) is 12.6. The first-order valence-corrected chi connectivity index (χ1v) is 12.6. The molecule has 1 aromatic heterocycles. The lowest BCUT2D eigenvalue weighted by Gasteiger charge is -2.34. The molecular formula is C28H33N7O. The van der Waals surface area contributed by atoms with Crippen LogP contribution >= 0.6 is 0 Å². The van der Waals surface area contributed by atoms with Gasteiger partial charge in [-0.15, -0.1) is 0 Å². The highest BCUT2D eigenvalue weighted by atomic mass is 16.3. The highest BCUT2D eigenvalue weighted by Crippen LogP contribution is 2.37. The fraction of sp³-hybridized carbons (Fsp3) is 0.321. The third-order valence-electron chi connectivity index (χ3n) is 6.93. The topological polar surface area (TPSA) is 100 Å². The molecule has 186 valence electrons. The van der Waals surface area contributed by atoms with Crippen LogP contribution in [0.4, 0.5) is 23.1 Å². The second-order valence-electron chi connectivity index (χ2n) is 9.46. The number of benzene rings is 2. The second kappa shape index (κ2) is 9.99. The minimum absolute atomic E-state index is 0.0852. The number of phenolic OH excluding ortho intramolecular Hbond substituents is 1. The van der Waals surface area contributed by atoms with E-state index in [0.29, 0.717) is 28.8 Å². The van der Waals surface area contributed by atoms with Gasteiger partial charge in [-0.3, -0.25) is 10.3 Å². The maximum atomic E-state index is 10.4. The van der Waals surface area contributed by atoms with E-state index in [1.165, 1.54) is 30.5 Å². The van der Waals surface area contributed by atoms with E-state index in [2.05, 4.69) is 57.2 Å². The Kier molecular flexibility index (Phi) is 6.61. The molecule has 2 aliphatic heterocycles. The average Bonchev–Trinajstić information content (AvgIpc) is 3.06. The summed E-state index contributed by atoms with van der Waals surface area (Å²) in [5.74, 6) is 1.64. The van der Waals surface area contributed by atoms with Crippen LogP contribution in [0.3, 0.4) is 0 Å². The number of nitrogens with zero attached hydrogens (tertiary/aromatic N) is 4. The van der Waals surface area contributed by atoms with Crippen LogP contribution in [0.5, 0.6) is 5.75 Å². The van der Waals surface area contributed by atoms with E-state index < -0.39 is 0 Å². The molecule has 0 saturated heterocycles. The molecule has 4 N–H and O–H groups in total. The van der Waals surface area contributed by atoms with Gasteiger partial charge in [0.15, 0.2) is 0 Å². The Morgan fingerprint density at radius 2 is 1.97 bits per heavy atom. The molecule has 0 spiro atoms. The number of unbranched alkanes of at least 4 members (excludes halogenated alkanes) is 1. The Morgan fingerprint density at radius 1 is 1.17 bits per heavy atom. The van der Waals surface area contributed by atoms with Gasteiger partial charge >= 0.3 is 0 Å². The van der Waals surface area contributed by atoms with Crippen LogP contribution in [-0.2, 0) is 12.8 Å². The SMILES string of the molecule is C=C1Nc2nc(Nc3ccc4c(c3)CCN(CCCC)CC4)ncc2C(=N)N1c1c(C)cccc1O. The molecule has 36 heavy (non-hydrogen) atoms. The minimum Gasteiger partial charge on any atom is -0.506 e. The molecule has 2 aromatic carbocycles. The van der Waals surface area contributed by atoms with E-state index in [4.69, 9.17) is 5.41 Å². The summed E-state index contributed by atoms with van der Waals surface area (Å²) in [6.07, 6.45) is 6.23. The number of hydrogen-bond acceptors (Lipinski definition) is 7. The number of rotatable bonds is 6. The smallest absolute Gasteiger partial charge is 0.229 e. The summed E-state index contributed by atoms with van der Waals surface area (Å²) in [4.78, 5) is 13.3. The van der Waals surface area contributed by atoms with E-state index in [9.17, 15) is 5.11 Å². The molecule has 0 unspecified atom stereocenters. The largest absolute Gasteiger partial charge is 0.506 e. The molecule has 5 rings (SSSR count). The summed E-state index contributed by atoms with van der Waals surface area (Å²) in [5, 5.41) is 25.7. The van der Waals surface area contributed by atoms with E-state index in [0.717, 1.165) is 37.2 Å². The quantitative estimate of drug-likeness (QED) is 0.384. The van der Waals surface area contributed by atoms with E-state index in [-0.39, 0.29) is 11.6 Å². The molecule has 2 aliphatic rings. The van der Waals surface area contributed by atoms with Gasteiger partial charge in [-0.2, -0.15) is 4.98 Å². The summed E-state index contributed by atoms with van der Waals surface area (Å²) in [6.45, 7) is 11.6. The van der Waals surface area contributed by atoms with Gasteiger partial charge in [0.25, 0.3) is 0 Å². The maximum absolute atomic E-state index is 10.4. The van der Waals surface area contributed by atoms with Gasteiger partial charge in [-0.05, 0) is 67.6 Å². The molecule has 0 amide bonds. The van der Waals surface area contributed by atoms with Gasteiger partial charge in [0.05, 0.1) is 11.3 Å². The molecule has 0 aliphatic carbocycles. The third kappa shape index (κ3) is 4.64. The number of para-hydroxylation sites is 1.